The van der Waals surface area contributed by atoms with Gasteiger partial charge in [0, 0.05) is 11.9 Å². The molecule has 2 heterocycles. The third-order valence-electron chi connectivity index (χ3n) is 4.56. The van der Waals surface area contributed by atoms with Gasteiger partial charge in [0.2, 0.25) is 0 Å². The molecule has 136 valence electrons. The number of hydrogen-bond acceptors (Lipinski definition) is 3. The van der Waals surface area contributed by atoms with Crippen molar-refractivity contribution in [1.82, 2.24) is 9.36 Å². The third-order valence-corrected chi connectivity index (χ3v) is 5.65. The van der Waals surface area contributed by atoms with Crippen molar-refractivity contribution in [1.29, 1.82) is 0 Å². The highest BCUT2D eigenvalue weighted by atomic mass is 32.1. The Balaban J connectivity index is 1.95. The highest BCUT2D eigenvalue weighted by Gasteiger charge is 2.20. The van der Waals surface area contributed by atoms with Crippen LogP contribution in [0.4, 0.5) is 5.69 Å². The van der Waals surface area contributed by atoms with E-state index in [9.17, 15) is 9.59 Å². The van der Waals surface area contributed by atoms with E-state index in [1.807, 2.05) is 57.3 Å². The van der Waals surface area contributed by atoms with Gasteiger partial charge in [-0.05, 0) is 44.0 Å². The molecular formula is C20H23N3O2S. The lowest BCUT2D eigenvalue weighted by molar-refractivity contribution is 0.103. The number of benzene rings is 1. The Labute approximate surface area is 156 Å². The normalized spacial score (nSPS) is 10.9. The number of thiophene rings is 1. The Morgan fingerprint density at radius 1 is 1.19 bits per heavy atom. The van der Waals surface area contributed by atoms with Gasteiger partial charge in [0.25, 0.3) is 11.5 Å². The summed E-state index contributed by atoms with van der Waals surface area (Å²) in [5.41, 5.74) is 2.78. The van der Waals surface area contributed by atoms with Gasteiger partial charge >= 0.3 is 0 Å². The molecule has 0 aliphatic rings. The molecule has 0 atom stereocenters. The van der Waals surface area contributed by atoms with E-state index in [-0.39, 0.29) is 11.5 Å². The summed E-state index contributed by atoms with van der Waals surface area (Å²) in [5, 5.41) is 2.83. The quantitative estimate of drug-likeness (QED) is 0.737. The van der Waals surface area contributed by atoms with Crippen LogP contribution in [0, 0.1) is 13.8 Å². The summed E-state index contributed by atoms with van der Waals surface area (Å²) in [5.74, 6) is -0.230. The molecule has 1 amide bonds. The number of para-hydroxylation sites is 1. The second-order valence-corrected chi connectivity index (χ2v) is 7.59. The number of rotatable bonds is 5. The van der Waals surface area contributed by atoms with Crippen LogP contribution in [0.1, 0.15) is 39.2 Å². The van der Waals surface area contributed by atoms with Gasteiger partial charge in [-0.3, -0.25) is 14.3 Å². The Morgan fingerprint density at radius 3 is 2.54 bits per heavy atom. The van der Waals surface area contributed by atoms with Gasteiger partial charge in [-0.15, -0.1) is 11.3 Å². The van der Waals surface area contributed by atoms with Gasteiger partial charge in [0.1, 0.15) is 5.69 Å². The molecule has 3 aromatic rings. The molecule has 0 saturated carbocycles. The summed E-state index contributed by atoms with van der Waals surface area (Å²) >= 11 is 1.47. The largest absolute Gasteiger partial charge is 0.315 e. The molecule has 6 heteroatoms. The van der Waals surface area contributed by atoms with Crippen LogP contribution in [0.25, 0.3) is 5.69 Å². The van der Waals surface area contributed by atoms with Crippen molar-refractivity contribution in [3.05, 3.63) is 67.8 Å². The lowest BCUT2D eigenvalue weighted by Crippen LogP contribution is -2.22. The molecule has 0 aliphatic carbocycles. The summed E-state index contributed by atoms with van der Waals surface area (Å²) in [6, 6.07) is 11.3. The van der Waals surface area contributed by atoms with Crippen LogP contribution in [0.3, 0.4) is 0 Å². The van der Waals surface area contributed by atoms with E-state index in [0.717, 1.165) is 23.4 Å². The molecule has 5 nitrogen and oxygen atoms in total. The zero-order chi connectivity index (χ0) is 18.8. The molecule has 26 heavy (non-hydrogen) atoms. The van der Waals surface area contributed by atoms with Crippen molar-refractivity contribution in [2.24, 2.45) is 7.05 Å². The second-order valence-electron chi connectivity index (χ2n) is 6.33. The fraction of sp³-hybridized carbons (Fsp3) is 0.300. The number of anilines is 1. The van der Waals surface area contributed by atoms with Crippen LogP contribution in [-0.2, 0) is 13.5 Å². The van der Waals surface area contributed by atoms with E-state index in [1.165, 1.54) is 16.9 Å². The number of nitrogens with zero attached hydrogens (tertiary/aromatic N) is 2. The van der Waals surface area contributed by atoms with Crippen molar-refractivity contribution in [2.45, 2.75) is 33.6 Å². The number of aryl methyl sites for hydroxylation is 2. The Morgan fingerprint density at radius 2 is 1.88 bits per heavy atom. The van der Waals surface area contributed by atoms with E-state index in [2.05, 4.69) is 12.2 Å². The van der Waals surface area contributed by atoms with Gasteiger partial charge in [0.05, 0.1) is 16.3 Å². The summed E-state index contributed by atoms with van der Waals surface area (Å²) in [6.07, 6.45) is 2.00. The topological polar surface area (TPSA) is 56.0 Å². The van der Waals surface area contributed by atoms with Crippen LogP contribution in [-0.4, -0.2) is 15.3 Å². The number of nitrogens with one attached hydrogen (secondary N) is 1. The molecule has 0 saturated heterocycles. The molecule has 1 aromatic carbocycles. The third kappa shape index (κ3) is 3.24. The van der Waals surface area contributed by atoms with Crippen LogP contribution in [0.5, 0.6) is 0 Å². The minimum Gasteiger partial charge on any atom is -0.315 e. The van der Waals surface area contributed by atoms with Crippen molar-refractivity contribution in [3.8, 4) is 5.69 Å². The van der Waals surface area contributed by atoms with Crippen LogP contribution >= 0.6 is 11.3 Å². The number of carbonyl (C=O) groups excluding carboxylic acids is 1. The fourth-order valence-corrected chi connectivity index (χ4v) is 4.00. The number of carbonyl (C=O) groups is 1. The number of aromatic nitrogens is 2. The molecular weight excluding hydrogens is 346 g/mol. The first-order chi connectivity index (χ1) is 12.4. The monoisotopic (exact) mass is 369 g/mol. The summed E-state index contributed by atoms with van der Waals surface area (Å²) in [4.78, 5) is 27.4. The average molecular weight is 369 g/mol. The smallest absolute Gasteiger partial charge is 0.295 e. The number of hydrogen-bond donors (Lipinski definition) is 1. The maximum absolute atomic E-state index is 12.9. The van der Waals surface area contributed by atoms with Crippen molar-refractivity contribution >= 4 is 22.9 Å². The summed E-state index contributed by atoms with van der Waals surface area (Å²) in [6.45, 7) is 5.98. The van der Waals surface area contributed by atoms with Gasteiger partial charge < -0.3 is 5.32 Å². The highest BCUT2D eigenvalue weighted by molar-refractivity contribution is 7.14. The predicted octanol–water partition coefficient (Wildman–Crippen LogP) is 4.06. The number of amides is 1. The van der Waals surface area contributed by atoms with Crippen LogP contribution < -0.4 is 10.9 Å². The maximum atomic E-state index is 12.9. The molecule has 2 aromatic heterocycles. The highest BCUT2D eigenvalue weighted by Crippen LogP contribution is 2.24. The van der Waals surface area contributed by atoms with Crippen molar-refractivity contribution < 1.29 is 4.79 Å². The van der Waals surface area contributed by atoms with E-state index in [1.54, 1.807) is 9.36 Å². The molecule has 0 bridgehead atoms. The second kappa shape index (κ2) is 7.33. The molecule has 0 radical (unpaired) electrons. The molecule has 1 N–H and O–H groups in total. The molecule has 0 unspecified atom stereocenters. The van der Waals surface area contributed by atoms with Gasteiger partial charge in [-0.25, -0.2) is 4.68 Å². The zero-order valence-electron chi connectivity index (χ0n) is 15.5. The molecule has 0 aliphatic heterocycles. The SMILES string of the molecule is CCCc1cc(C(=O)Nc2c(C)n(C)n(-c3ccccc3)c2=O)sc1C. The summed E-state index contributed by atoms with van der Waals surface area (Å²) in [7, 11) is 1.81. The summed E-state index contributed by atoms with van der Waals surface area (Å²) < 4.78 is 3.32. The first-order valence-corrected chi connectivity index (χ1v) is 9.50. The van der Waals surface area contributed by atoms with Gasteiger partial charge in [-0.2, -0.15) is 0 Å². The fourth-order valence-electron chi connectivity index (χ4n) is 3.04. The Hall–Kier alpha value is -2.60. The van der Waals surface area contributed by atoms with E-state index < -0.39 is 0 Å². The molecule has 0 spiro atoms. The minimum absolute atomic E-state index is 0.230. The van der Waals surface area contributed by atoms with E-state index >= 15 is 0 Å². The maximum Gasteiger partial charge on any atom is 0.295 e. The Kier molecular flexibility index (Phi) is 5.13. The lowest BCUT2D eigenvalue weighted by Gasteiger charge is -2.07. The Bertz CT molecular complexity index is 996. The van der Waals surface area contributed by atoms with Gasteiger partial charge in [-0.1, -0.05) is 31.5 Å². The standard InChI is InChI=1S/C20H23N3O2S/c1-5-9-15-12-17(26-14(15)3)19(24)21-18-13(2)22(4)23(20(18)25)16-10-7-6-8-11-16/h6-8,10-12H,5,9H2,1-4H3,(H,21,24). The first-order valence-electron chi connectivity index (χ1n) is 8.68. The van der Waals surface area contributed by atoms with Gasteiger partial charge in [0.15, 0.2) is 0 Å². The van der Waals surface area contributed by atoms with E-state index in [0.29, 0.717) is 16.3 Å². The molecule has 3 rings (SSSR count). The van der Waals surface area contributed by atoms with Crippen molar-refractivity contribution in [3.63, 3.8) is 0 Å². The zero-order valence-corrected chi connectivity index (χ0v) is 16.3. The van der Waals surface area contributed by atoms with Crippen molar-refractivity contribution in [2.75, 3.05) is 5.32 Å². The van der Waals surface area contributed by atoms with Crippen LogP contribution in [0.2, 0.25) is 0 Å². The van der Waals surface area contributed by atoms with E-state index in [4.69, 9.17) is 0 Å². The molecule has 0 fully saturated rings. The average Bonchev–Trinajstić information content (AvgIpc) is 3.09. The van der Waals surface area contributed by atoms with Crippen LogP contribution in [0.15, 0.2) is 41.2 Å². The first kappa shape index (κ1) is 18.2. The lowest BCUT2D eigenvalue weighted by atomic mass is 10.1. The predicted molar refractivity (Wildman–Crippen MR) is 107 cm³/mol. The minimum atomic E-state index is -0.230.